The van der Waals surface area contributed by atoms with Gasteiger partial charge in [-0.2, -0.15) is 0 Å². The molecule has 2 rings (SSSR count). The Bertz CT molecular complexity index is 432. The van der Waals surface area contributed by atoms with E-state index in [2.05, 4.69) is 13.3 Å². The second kappa shape index (κ2) is 5.34. The van der Waals surface area contributed by atoms with Gasteiger partial charge in [0.15, 0.2) is 0 Å². The lowest BCUT2D eigenvalue weighted by Crippen LogP contribution is -2.30. The van der Waals surface area contributed by atoms with E-state index in [-0.39, 0.29) is 11.8 Å². The number of carbonyl (C=O) groups excluding carboxylic acids is 2. The molecule has 95 valence electrons. The predicted molar refractivity (Wildman–Crippen MR) is 70.2 cm³/mol. The molecule has 1 radical (unpaired) electrons. The summed E-state index contributed by atoms with van der Waals surface area (Å²) >= 11 is 0. The Morgan fingerprint density at radius 1 is 1.17 bits per heavy atom. The molecule has 1 aromatic rings. The SMILES string of the molecule is C[CH]C(C)CCCN1C(=O)c2ccccc2C1=O. The summed E-state index contributed by atoms with van der Waals surface area (Å²) in [6.07, 6.45) is 4.00. The first-order valence-corrected chi connectivity index (χ1v) is 6.40. The molecule has 0 fully saturated rings. The molecule has 1 atom stereocenters. The minimum Gasteiger partial charge on any atom is -0.274 e. The maximum atomic E-state index is 12.0. The van der Waals surface area contributed by atoms with Crippen LogP contribution in [0.4, 0.5) is 0 Å². The van der Waals surface area contributed by atoms with Crippen LogP contribution in [0.2, 0.25) is 0 Å². The molecular weight excluding hydrogens is 226 g/mol. The van der Waals surface area contributed by atoms with Gasteiger partial charge in [0.1, 0.15) is 0 Å². The van der Waals surface area contributed by atoms with Gasteiger partial charge in [-0.25, -0.2) is 0 Å². The Labute approximate surface area is 108 Å². The Morgan fingerprint density at radius 2 is 1.72 bits per heavy atom. The standard InChI is InChI=1S/C15H18NO2/c1-3-11(2)7-6-10-16-14(17)12-8-4-5-9-13(12)15(16)18/h3-5,8-9,11H,6-7,10H2,1-2H3. The van der Waals surface area contributed by atoms with Crippen molar-refractivity contribution in [3.63, 3.8) is 0 Å². The number of hydrogen-bond acceptors (Lipinski definition) is 2. The zero-order valence-electron chi connectivity index (χ0n) is 10.8. The highest BCUT2D eigenvalue weighted by molar-refractivity contribution is 6.21. The second-order valence-electron chi connectivity index (χ2n) is 4.76. The smallest absolute Gasteiger partial charge is 0.261 e. The summed E-state index contributed by atoms with van der Waals surface area (Å²) in [7, 11) is 0. The maximum Gasteiger partial charge on any atom is 0.261 e. The summed E-state index contributed by atoms with van der Waals surface area (Å²) in [6.45, 7) is 4.69. The molecule has 0 saturated heterocycles. The normalized spacial score (nSPS) is 16.0. The lowest BCUT2D eigenvalue weighted by molar-refractivity contribution is 0.0650. The molecular formula is C15H18NO2. The molecule has 1 heterocycles. The van der Waals surface area contributed by atoms with E-state index in [1.807, 2.05) is 6.92 Å². The first kappa shape index (κ1) is 12.8. The Morgan fingerprint density at radius 3 is 2.22 bits per heavy atom. The van der Waals surface area contributed by atoms with Crippen molar-refractivity contribution >= 4 is 11.8 Å². The molecule has 1 unspecified atom stereocenters. The number of benzene rings is 1. The number of fused-ring (bicyclic) bond motifs is 1. The van der Waals surface area contributed by atoms with Gasteiger partial charge in [-0.05, 0) is 37.3 Å². The van der Waals surface area contributed by atoms with Gasteiger partial charge in [-0.3, -0.25) is 14.5 Å². The highest BCUT2D eigenvalue weighted by Crippen LogP contribution is 2.23. The van der Waals surface area contributed by atoms with E-state index in [9.17, 15) is 9.59 Å². The number of amides is 2. The van der Waals surface area contributed by atoms with Gasteiger partial charge in [0.25, 0.3) is 11.8 Å². The zero-order valence-corrected chi connectivity index (χ0v) is 10.8. The van der Waals surface area contributed by atoms with Crippen LogP contribution in [0.15, 0.2) is 24.3 Å². The number of nitrogens with zero attached hydrogens (tertiary/aromatic N) is 1. The lowest BCUT2D eigenvalue weighted by atomic mass is 10.0. The lowest BCUT2D eigenvalue weighted by Gasteiger charge is -2.15. The van der Waals surface area contributed by atoms with E-state index in [0.29, 0.717) is 23.6 Å². The van der Waals surface area contributed by atoms with Gasteiger partial charge in [-0.15, -0.1) is 0 Å². The second-order valence-corrected chi connectivity index (χ2v) is 4.76. The molecule has 0 spiro atoms. The Balaban J connectivity index is 2.01. The van der Waals surface area contributed by atoms with Gasteiger partial charge in [0.2, 0.25) is 0 Å². The van der Waals surface area contributed by atoms with Crippen LogP contribution in [-0.2, 0) is 0 Å². The van der Waals surface area contributed by atoms with E-state index in [4.69, 9.17) is 0 Å². The monoisotopic (exact) mass is 244 g/mol. The van der Waals surface area contributed by atoms with Crippen LogP contribution in [0.1, 0.15) is 47.4 Å². The van der Waals surface area contributed by atoms with Gasteiger partial charge < -0.3 is 0 Å². The fourth-order valence-corrected chi connectivity index (χ4v) is 2.18. The van der Waals surface area contributed by atoms with Crippen LogP contribution in [0.5, 0.6) is 0 Å². The molecule has 3 heteroatoms. The quantitative estimate of drug-likeness (QED) is 0.747. The number of hydrogen-bond donors (Lipinski definition) is 0. The number of carbonyl (C=O) groups is 2. The van der Waals surface area contributed by atoms with Crippen molar-refractivity contribution in [3.05, 3.63) is 41.8 Å². The molecule has 18 heavy (non-hydrogen) atoms. The molecule has 3 nitrogen and oxygen atoms in total. The summed E-state index contributed by atoms with van der Waals surface area (Å²) in [5.41, 5.74) is 1.08. The summed E-state index contributed by atoms with van der Waals surface area (Å²) in [5.74, 6) is 0.229. The molecule has 0 N–H and O–H groups in total. The van der Waals surface area contributed by atoms with Gasteiger partial charge in [-0.1, -0.05) is 26.0 Å². The molecule has 0 bridgehead atoms. The molecule has 1 aromatic carbocycles. The van der Waals surface area contributed by atoms with Crippen LogP contribution >= 0.6 is 0 Å². The van der Waals surface area contributed by atoms with Crippen LogP contribution in [-0.4, -0.2) is 23.3 Å². The molecule has 2 amide bonds. The van der Waals surface area contributed by atoms with Gasteiger partial charge in [0, 0.05) is 6.54 Å². The maximum absolute atomic E-state index is 12.0. The molecule has 0 aromatic heterocycles. The minimum atomic E-state index is -0.149. The number of rotatable bonds is 5. The fourth-order valence-electron chi connectivity index (χ4n) is 2.18. The van der Waals surface area contributed by atoms with E-state index in [1.165, 1.54) is 4.90 Å². The Hall–Kier alpha value is -1.64. The van der Waals surface area contributed by atoms with Crippen molar-refractivity contribution in [2.75, 3.05) is 6.54 Å². The average Bonchev–Trinajstić information content (AvgIpc) is 2.64. The van der Waals surface area contributed by atoms with Crippen LogP contribution in [0.3, 0.4) is 0 Å². The highest BCUT2D eigenvalue weighted by atomic mass is 16.2. The largest absolute Gasteiger partial charge is 0.274 e. The van der Waals surface area contributed by atoms with Gasteiger partial charge >= 0.3 is 0 Å². The van der Waals surface area contributed by atoms with Gasteiger partial charge in [0.05, 0.1) is 11.1 Å². The fraction of sp³-hybridized carbons (Fsp3) is 0.400. The van der Waals surface area contributed by atoms with Crippen LogP contribution < -0.4 is 0 Å². The third kappa shape index (κ3) is 2.30. The summed E-state index contributed by atoms with van der Waals surface area (Å²) < 4.78 is 0. The highest BCUT2D eigenvalue weighted by Gasteiger charge is 2.34. The van der Waals surface area contributed by atoms with E-state index in [1.54, 1.807) is 24.3 Å². The van der Waals surface area contributed by atoms with Crippen molar-refractivity contribution < 1.29 is 9.59 Å². The first-order chi connectivity index (χ1) is 8.65. The van der Waals surface area contributed by atoms with E-state index >= 15 is 0 Å². The number of imide groups is 1. The van der Waals surface area contributed by atoms with Crippen molar-refractivity contribution in [3.8, 4) is 0 Å². The van der Waals surface area contributed by atoms with Crippen molar-refractivity contribution in [2.24, 2.45) is 5.92 Å². The summed E-state index contributed by atoms with van der Waals surface area (Å²) in [4.78, 5) is 25.5. The topological polar surface area (TPSA) is 37.4 Å². The van der Waals surface area contributed by atoms with Crippen molar-refractivity contribution in [1.82, 2.24) is 4.90 Å². The predicted octanol–water partition coefficient (Wildman–Crippen LogP) is 2.92. The molecule has 1 aliphatic rings. The Kier molecular flexibility index (Phi) is 3.80. The summed E-state index contributed by atoms with van der Waals surface area (Å²) in [5, 5.41) is 0. The average molecular weight is 244 g/mol. The van der Waals surface area contributed by atoms with Crippen LogP contribution in [0, 0.1) is 12.3 Å². The summed E-state index contributed by atoms with van der Waals surface area (Å²) in [6, 6.07) is 7.03. The van der Waals surface area contributed by atoms with Crippen molar-refractivity contribution in [2.45, 2.75) is 26.7 Å². The van der Waals surface area contributed by atoms with E-state index < -0.39 is 0 Å². The molecule has 0 aliphatic carbocycles. The third-order valence-corrected chi connectivity index (χ3v) is 3.49. The minimum absolute atomic E-state index is 0.149. The van der Waals surface area contributed by atoms with Crippen molar-refractivity contribution in [1.29, 1.82) is 0 Å². The molecule has 0 saturated carbocycles. The third-order valence-electron chi connectivity index (χ3n) is 3.49. The van der Waals surface area contributed by atoms with E-state index in [0.717, 1.165) is 12.8 Å². The molecule has 1 aliphatic heterocycles. The zero-order chi connectivity index (χ0) is 13.1. The first-order valence-electron chi connectivity index (χ1n) is 6.40. The van der Waals surface area contributed by atoms with Crippen LogP contribution in [0.25, 0.3) is 0 Å².